The van der Waals surface area contributed by atoms with Gasteiger partial charge < -0.3 is 10.5 Å². The van der Waals surface area contributed by atoms with Gasteiger partial charge in [0.2, 0.25) is 0 Å². The number of nitrogens with two attached hydrogens (primary N) is 1. The van der Waals surface area contributed by atoms with E-state index in [1.807, 2.05) is 37.3 Å². The molecular weight excluding hydrogens is 248 g/mol. The molecule has 0 amide bonds. The maximum atomic E-state index is 5.76. The van der Waals surface area contributed by atoms with Crippen molar-refractivity contribution in [2.24, 2.45) is 5.73 Å². The predicted molar refractivity (Wildman–Crippen MR) is 80.5 cm³/mol. The first-order valence-corrected chi connectivity index (χ1v) is 6.61. The molecule has 0 aliphatic heterocycles. The van der Waals surface area contributed by atoms with Crippen molar-refractivity contribution in [2.75, 3.05) is 13.2 Å². The molecule has 2 N–H and O–H groups in total. The predicted octanol–water partition coefficient (Wildman–Crippen LogP) is 2.32. The maximum absolute atomic E-state index is 5.76. The number of aromatic nitrogens is 1. The molecule has 1 aromatic heterocycles. The first kappa shape index (κ1) is 14.1. The molecule has 0 aliphatic rings. The molecule has 0 saturated heterocycles. The standard InChI is InChI=1S/C17H18N2O/c1-14-13-17(5-4-16(14)3-2-9-18)20-12-8-15-6-10-19-11-7-15/h4-7,10-11,13H,8-9,12,18H2,1H3. The highest BCUT2D eigenvalue weighted by molar-refractivity contribution is 5.44. The smallest absolute Gasteiger partial charge is 0.119 e. The number of hydrogen-bond donors (Lipinski definition) is 1. The molecule has 0 saturated carbocycles. The highest BCUT2D eigenvalue weighted by Crippen LogP contribution is 2.16. The molecule has 0 aliphatic carbocycles. The summed E-state index contributed by atoms with van der Waals surface area (Å²) in [6.45, 7) is 3.05. The van der Waals surface area contributed by atoms with Crippen molar-refractivity contribution in [3.8, 4) is 17.6 Å². The summed E-state index contributed by atoms with van der Waals surface area (Å²) in [6, 6.07) is 9.92. The van der Waals surface area contributed by atoms with Crippen LogP contribution in [0.25, 0.3) is 0 Å². The Hall–Kier alpha value is -2.31. The summed E-state index contributed by atoms with van der Waals surface area (Å²) in [5, 5.41) is 0. The highest BCUT2D eigenvalue weighted by atomic mass is 16.5. The van der Waals surface area contributed by atoms with Crippen molar-refractivity contribution in [3.63, 3.8) is 0 Å². The van der Waals surface area contributed by atoms with Gasteiger partial charge in [0, 0.05) is 24.4 Å². The molecule has 0 atom stereocenters. The Morgan fingerprint density at radius 2 is 2.00 bits per heavy atom. The van der Waals surface area contributed by atoms with Gasteiger partial charge in [-0.05, 0) is 48.4 Å². The lowest BCUT2D eigenvalue weighted by Gasteiger charge is -2.08. The molecule has 1 aromatic carbocycles. The number of benzene rings is 1. The fourth-order valence-corrected chi connectivity index (χ4v) is 1.85. The molecule has 20 heavy (non-hydrogen) atoms. The van der Waals surface area contributed by atoms with Gasteiger partial charge in [-0.3, -0.25) is 4.98 Å². The minimum atomic E-state index is 0.379. The maximum Gasteiger partial charge on any atom is 0.119 e. The fraction of sp³-hybridized carbons (Fsp3) is 0.235. The summed E-state index contributed by atoms with van der Waals surface area (Å²) >= 11 is 0. The summed E-state index contributed by atoms with van der Waals surface area (Å²) in [5.74, 6) is 6.78. The lowest BCUT2D eigenvalue weighted by atomic mass is 10.1. The van der Waals surface area contributed by atoms with Crippen molar-refractivity contribution < 1.29 is 4.74 Å². The van der Waals surface area contributed by atoms with Gasteiger partial charge in [0.15, 0.2) is 0 Å². The topological polar surface area (TPSA) is 48.1 Å². The van der Waals surface area contributed by atoms with Crippen molar-refractivity contribution in [1.82, 2.24) is 4.98 Å². The molecule has 2 rings (SSSR count). The monoisotopic (exact) mass is 266 g/mol. The molecule has 1 heterocycles. The summed E-state index contributed by atoms with van der Waals surface area (Å²) in [4.78, 5) is 3.99. The van der Waals surface area contributed by atoms with Gasteiger partial charge in [0.05, 0.1) is 13.2 Å². The summed E-state index contributed by atoms with van der Waals surface area (Å²) < 4.78 is 5.76. The molecule has 3 nitrogen and oxygen atoms in total. The number of aryl methyl sites for hydroxylation is 1. The van der Waals surface area contributed by atoms with Crippen LogP contribution in [0, 0.1) is 18.8 Å². The SMILES string of the molecule is Cc1cc(OCCc2ccncc2)ccc1C#CCN. The van der Waals surface area contributed by atoms with Crippen LogP contribution >= 0.6 is 0 Å². The van der Waals surface area contributed by atoms with E-state index >= 15 is 0 Å². The second-order valence-electron chi connectivity index (χ2n) is 4.44. The van der Waals surface area contributed by atoms with Gasteiger partial charge >= 0.3 is 0 Å². The van der Waals surface area contributed by atoms with E-state index in [-0.39, 0.29) is 0 Å². The Bertz CT molecular complexity index is 612. The molecule has 2 aromatic rings. The largest absolute Gasteiger partial charge is 0.493 e. The third kappa shape index (κ3) is 4.11. The van der Waals surface area contributed by atoms with Crippen LogP contribution in [0.4, 0.5) is 0 Å². The first-order chi connectivity index (χ1) is 9.79. The van der Waals surface area contributed by atoms with Crippen molar-refractivity contribution in [3.05, 3.63) is 59.4 Å². The van der Waals surface area contributed by atoms with Gasteiger partial charge in [0.25, 0.3) is 0 Å². The number of ether oxygens (including phenoxy) is 1. The van der Waals surface area contributed by atoms with Crippen molar-refractivity contribution >= 4 is 0 Å². The van der Waals surface area contributed by atoms with Gasteiger partial charge in [-0.25, -0.2) is 0 Å². The van der Waals surface area contributed by atoms with Crippen LogP contribution in [0.15, 0.2) is 42.7 Å². The van der Waals surface area contributed by atoms with E-state index in [1.165, 1.54) is 5.56 Å². The molecule has 0 unspecified atom stereocenters. The average Bonchev–Trinajstić information content (AvgIpc) is 2.47. The normalized spacial score (nSPS) is 9.70. The van der Waals surface area contributed by atoms with Crippen LogP contribution in [0.5, 0.6) is 5.75 Å². The minimum absolute atomic E-state index is 0.379. The van der Waals surface area contributed by atoms with Gasteiger partial charge in [-0.2, -0.15) is 0 Å². The second-order valence-corrected chi connectivity index (χ2v) is 4.44. The average molecular weight is 266 g/mol. The van der Waals surface area contributed by atoms with Crippen LogP contribution in [0.3, 0.4) is 0 Å². The van der Waals surface area contributed by atoms with Gasteiger partial charge in [-0.1, -0.05) is 11.8 Å². The van der Waals surface area contributed by atoms with Gasteiger partial charge in [0.1, 0.15) is 5.75 Å². The van der Waals surface area contributed by atoms with E-state index in [0.717, 1.165) is 23.3 Å². The van der Waals surface area contributed by atoms with E-state index in [1.54, 1.807) is 12.4 Å². The van der Waals surface area contributed by atoms with Crippen LogP contribution in [0.1, 0.15) is 16.7 Å². The van der Waals surface area contributed by atoms with Crippen LogP contribution in [-0.2, 0) is 6.42 Å². The zero-order chi connectivity index (χ0) is 14.2. The van der Waals surface area contributed by atoms with E-state index in [0.29, 0.717) is 13.2 Å². The zero-order valence-corrected chi connectivity index (χ0v) is 11.6. The molecule has 3 heteroatoms. The van der Waals surface area contributed by atoms with Crippen LogP contribution in [-0.4, -0.2) is 18.1 Å². The van der Waals surface area contributed by atoms with Crippen molar-refractivity contribution in [2.45, 2.75) is 13.3 Å². The quantitative estimate of drug-likeness (QED) is 0.864. The molecule has 0 fully saturated rings. The number of nitrogens with zero attached hydrogens (tertiary/aromatic N) is 1. The second kappa shape index (κ2) is 7.32. The van der Waals surface area contributed by atoms with Gasteiger partial charge in [-0.15, -0.1) is 0 Å². The lowest BCUT2D eigenvalue weighted by Crippen LogP contribution is -2.01. The van der Waals surface area contributed by atoms with Crippen LogP contribution < -0.4 is 10.5 Å². The summed E-state index contributed by atoms with van der Waals surface area (Å²) in [5.41, 5.74) is 8.70. The van der Waals surface area contributed by atoms with E-state index in [4.69, 9.17) is 10.5 Å². The fourth-order valence-electron chi connectivity index (χ4n) is 1.85. The highest BCUT2D eigenvalue weighted by Gasteiger charge is 1.99. The Labute approximate surface area is 119 Å². The van der Waals surface area contributed by atoms with Crippen molar-refractivity contribution in [1.29, 1.82) is 0 Å². The Kier molecular flexibility index (Phi) is 5.16. The van der Waals surface area contributed by atoms with E-state index in [9.17, 15) is 0 Å². The van der Waals surface area contributed by atoms with E-state index in [2.05, 4.69) is 16.8 Å². The Morgan fingerprint density at radius 1 is 1.20 bits per heavy atom. The molecule has 0 radical (unpaired) electrons. The molecule has 102 valence electrons. The number of pyridine rings is 1. The first-order valence-electron chi connectivity index (χ1n) is 6.61. The molecule has 0 spiro atoms. The Balaban J connectivity index is 1.92. The minimum Gasteiger partial charge on any atom is -0.493 e. The van der Waals surface area contributed by atoms with E-state index < -0.39 is 0 Å². The third-order valence-corrected chi connectivity index (χ3v) is 2.93. The molecular formula is C17H18N2O. The number of hydrogen-bond acceptors (Lipinski definition) is 3. The van der Waals surface area contributed by atoms with Crippen LogP contribution in [0.2, 0.25) is 0 Å². The molecule has 0 bridgehead atoms. The zero-order valence-electron chi connectivity index (χ0n) is 11.6. The summed E-state index contributed by atoms with van der Waals surface area (Å²) in [7, 11) is 0. The lowest BCUT2D eigenvalue weighted by molar-refractivity contribution is 0.321. The Morgan fingerprint density at radius 3 is 2.70 bits per heavy atom. The summed E-state index contributed by atoms with van der Waals surface area (Å²) in [6.07, 6.45) is 4.46. The third-order valence-electron chi connectivity index (χ3n) is 2.93. The number of rotatable bonds is 4.